The molecule has 148 valence electrons. The van der Waals surface area contributed by atoms with E-state index in [-0.39, 0.29) is 12.5 Å². The summed E-state index contributed by atoms with van der Waals surface area (Å²) in [5, 5.41) is 14.3. The van der Waals surface area contributed by atoms with E-state index < -0.39 is 17.7 Å². The average Bonchev–Trinajstić information content (AvgIpc) is 3.13. The highest BCUT2D eigenvalue weighted by Crippen LogP contribution is 2.36. The Morgan fingerprint density at radius 3 is 2.56 bits per heavy atom. The molecule has 2 aromatic rings. The maximum atomic E-state index is 13.1. The van der Waals surface area contributed by atoms with Crippen LogP contribution in [0.3, 0.4) is 0 Å². The third-order valence-corrected chi connectivity index (χ3v) is 4.28. The van der Waals surface area contributed by atoms with E-state index in [2.05, 4.69) is 10.3 Å². The highest BCUT2D eigenvalue weighted by molar-refractivity contribution is 7.07. The Balaban J connectivity index is 0.000000596. The van der Waals surface area contributed by atoms with Gasteiger partial charge < -0.3 is 20.1 Å². The number of carboxylic acid groups (broad SMARTS) is 1. The number of carbonyl (C=O) groups is 1. The van der Waals surface area contributed by atoms with E-state index in [0.29, 0.717) is 18.9 Å². The van der Waals surface area contributed by atoms with Crippen molar-refractivity contribution >= 4 is 23.1 Å². The van der Waals surface area contributed by atoms with Gasteiger partial charge in [0.15, 0.2) is 0 Å². The first-order chi connectivity index (χ1) is 12.8. The largest absolute Gasteiger partial charge is 0.481 e. The molecule has 0 bridgehead atoms. The molecule has 6 nitrogen and oxygen atoms in total. The number of ether oxygens (including phenoxy) is 1. The molecule has 10 heteroatoms. The first-order valence-corrected chi connectivity index (χ1v) is 9.09. The summed E-state index contributed by atoms with van der Waals surface area (Å²) < 4.78 is 44.8. The highest BCUT2D eigenvalue weighted by atomic mass is 32.1. The van der Waals surface area contributed by atoms with Crippen LogP contribution >= 0.6 is 11.3 Å². The molecule has 3 rings (SSSR count). The lowest BCUT2D eigenvalue weighted by Crippen LogP contribution is -2.43. The highest BCUT2D eigenvalue weighted by Gasteiger charge is 2.36. The van der Waals surface area contributed by atoms with Crippen LogP contribution in [0.2, 0.25) is 0 Å². The van der Waals surface area contributed by atoms with Crippen molar-refractivity contribution in [2.75, 3.05) is 31.1 Å². The first kappa shape index (κ1) is 21.0. The molecular weight excluding hydrogens is 383 g/mol. The van der Waals surface area contributed by atoms with Crippen molar-refractivity contribution < 1.29 is 27.8 Å². The minimum atomic E-state index is -4.49. The van der Waals surface area contributed by atoms with Crippen LogP contribution in [0.1, 0.15) is 18.1 Å². The second-order valence-corrected chi connectivity index (χ2v) is 6.48. The van der Waals surface area contributed by atoms with E-state index in [1.54, 1.807) is 0 Å². The predicted molar refractivity (Wildman–Crippen MR) is 96.3 cm³/mol. The number of aromatic nitrogens is 1. The molecule has 1 fully saturated rings. The van der Waals surface area contributed by atoms with E-state index >= 15 is 0 Å². The Morgan fingerprint density at radius 1 is 1.33 bits per heavy atom. The topological polar surface area (TPSA) is 74.7 Å². The fourth-order valence-electron chi connectivity index (χ4n) is 2.35. The molecule has 0 radical (unpaired) electrons. The number of nitrogens with one attached hydrogen (secondary N) is 1. The molecule has 0 aromatic carbocycles. The van der Waals surface area contributed by atoms with Crippen LogP contribution < -0.4 is 15.0 Å². The van der Waals surface area contributed by atoms with Gasteiger partial charge in [0, 0.05) is 38.7 Å². The summed E-state index contributed by atoms with van der Waals surface area (Å²) >= 11 is 1.47. The second-order valence-electron chi connectivity index (χ2n) is 5.70. The second kappa shape index (κ2) is 9.56. The number of rotatable bonds is 4. The standard InChI is InChI=1S/C15H16F3N3OS.C2H4O2/c16-15(17,18)12-1-2-13(21-6-4-19-5-7-21)20-14(12)22-9-11-3-8-23-10-11;1-2(3)4/h1-3,8,10,19H,4-7,9H2;1H3,(H,3,4). The number of piperazine rings is 1. The number of hydrogen-bond donors (Lipinski definition) is 2. The summed E-state index contributed by atoms with van der Waals surface area (Å²) in [5.74, 6) is -0.681. The first-order valence-electron chi connectivity index (χ1n) is 8.14. The van der Waals surface area contributed by atoms with Gasteiger partial charge >= 0.3 is 6.18 Å². The fourth-order valence-corrected chi connectivity index (χ4v) is 3.01. The van der Waals surface area contributed by atoms with Crippen molar-refractivity contribution in [1.82, 2.24) is 10.3 Å². The third kappa shape index (κ3) is 6.72. The van der Waals surface area contributed by atoms with Crippen LogP contribution in [-0.4, -0.2) is 42.2 Å². The molecule has 0 unspecified atom stereocenters. The summed E-state index contributed by atoms with van der Waals surface area (Å²) in [5.41, 5.74) is -0.0101. The van der Waals surface area contributed by atoms with Crippen LogP contribution in [0.25, 0.3) is 0 Å². The van der Waals surface area contributed by atoms with Crippen LogP contribution in [0, 0.1) is 0 Å². The Kier molecular flexibility index (Phi) is 7.43. The Hall–Kier alpha value is -2.33. The molecular formula is C17H20F3N3O3S. The van der Waals surface area contributed by atoms with Gasteiger partial charge in [-0.1, -0.05) is 0 Å². The van der Waals surface area contributed by atoms with E-state index in [4.69, 9.17) is 14.6 Å². The van der Waals surface area contributed by atoms with Crippen LogP contribution in [0.5, 0.6) is 5.88 Å². The van der Waals surface area contributed by atoms with Gasteiger partial charge in [-0.2, -0.15) is 29.5 Å². The number of hydrogen-bond acceptors (Lipinski definition) is 6. The van der Waals surface area contributed by atoms with Gasteiger partial charge in [0.2, 0.25) is 5.88 Å². The molecule has 3 heterocycles. The number of carboxylic acids is 1. The van der Waals surface area contributed by atoms with Gasteiger partial charge in [0.25, 0.3) is 5.97 Å². The van der Waals surface area contributed by atoms with Crippen molar-refractivity contribution in [3.63, 3.8) is 0 Å². The SMILES string of the molecule is CC(=O)O.FC(F)(F)c1ccc(N2CCNCC2)nc1OCc1ccsc1. The molecule has 0 amide bonds. The number of alkyl halides is 3. The molecule has 0 spiro atoms. The zero-order valence-corrected chi connectivity index (χ0v) is 15.4. The number of thiophene rings is 1. The van der Waals surface area contributed by atoms with Gasteiger partial charge in [0.1, 0.15) is 18.0 Å². The molecule has 0 saturated carbocycles. The van der Waals surface area contributed by atoms with E-state index in [9.17, 15) is 13.2 Å². The molecule has 1 aliphatic rings. The van der Waals surface area contributed by atoms with E-state index in [1.807, 2.05) is 21.7 Å². The summed E-state index contributed by atoms with van der Waals surface area (Å²) in [6, 6.07) is 4.27. The Morgan fingerprint density at radius 2 is 2.00 bits per heavy atom. The summed E-state index contributed by atoms with van der Waals surface area (Å²) in [4.78, 5) is 15.1. The van der Waals surface area contributed by atoms with Crippen molar-refractivity contribution in [2.24, 2.45) is 0 Å². The molecule has 1 saturated heterocycles. The smallest absolute Gasteiger partial charge is 0.421 e. The Labute approximate surface area is 158 Å². The number of aliphatic carboxylic acids is 1. The summed E-state index contributed by atoms with van der Waals surface area (Å²) in [7, 11) is 0. The molecule has 2 N–H and O–H groups in total. The molecule has 0 atom stereocenters. The minimum Gasteiger partial charge on any atom is -0.481 e. The quantitative estimate of drug-likeness (QED) is 0.817. The monoisotopic (exact) mass is 403 g/mol. The molecule has 27 heavy (non-hydrogen) atoms. The lowest BCUT2D eigenvalue weighted by Gasteiger charge is -2.29. The maximum Gasteiger partial charge on any atom is 0.421 e. The minimum absolute atomic E-state index is 0.0740. The van der Waals surface area contributed by atoms with Crippen molar-refractivity contribution in [3.05, 3.63) is 40.1 Å². The molecule has 1 aliphatic heterocycles. The number of nitrogens with zero attached hydrogens (tertiary/aromatic N) is 2. The van der Waals surface area contributed by atoms with E-state index in [1.165, 1.54) is 17.4 Å². The van der Waals surface area contributed by atoms with Crippen molar-refractivity contribution in [3.8, 4) is 5.88 Å². The van der Waals surface area contributed by atoms with Gasteiger partial charge in [0.05, 0.1) is 0 Å². The van der Waals surface area contributed by atoms with Crippen LogP contribution in [0.15, 0.2) is 29.0 Å². The number of anilines is 1. The summed E-state index contributed by atoms with van der Waals surface area (Å²) in [6.07, 6.45) is -4.49. The van der Waals surface area contributed by atoms with Gasteiger partial charge in [-0.05, 0) is 29.0 Å². The lowest BCUT2D eigenvalue weighted by atomic mass is 10.2. The predicted octanol–water partition coefficient (Wildman–Crippen LogP) is 3.24. The van der Waals surface area contributed by atoms with Crippen molar-refractivity contribution in [2.45, 2.75) is 19.7 Å². The van der Waals surface area contributed by atoms with Gasteiger partial charge in [-0.25, -0.2) is 0 Å². The maximum absolute atomic E-state index is 13.1. The third-order valence-electron chi connectivity index (χ3n) is 3.55. The molecule has 0 aliphatic carbocycles. The van der Waals surface area contributed by atoms with Gasteiger partial charge in [-0.3, -0.25) is 4.79 Å². The van der Waals surface area contributed by atoms with Gasteiger partial charge in [-0.15, -0.1) is 0 Å². The number of halogens is 3. The fraction of sp³-hybridized carbons (Fsp3) is 0.412. The summed E-state index contributed by atoms with van der Waals surface area (Å²) in [6.45, 7) is 4.15. The zero-order valence-electron chi connectivity index (χ0n) is 14.6. The van der Waals surface area contributed by atoms with Crippen LogP contribution in [0.4, 0.5) is 19.0 Å². The lowest BCUT2D eigenvalue weighted by molar-refractivity contribution is -0.139. The van der Waals surface area contributed by atoms with Crippen LogP contribution in [-0.2, 0) is 17.6 Å². The zero-order chi connectivity index (χ0) is 19.9. The normalized spacial score (nSPS) is 14.3. The molecule has 2 aromatic heterocycles. The average molecular weight is 403 g/mol. The van der Waals surface area contributed by atoms with Crippen molar-refractivity contribution in [1.29, 1.82) is 0 Å². The van der Waals surface area contributed by atoms with E-state index in [0.717, 1.165) is 31.6 Å². The Bertz CT molecular complexity index is 729. The number of pyridine rings is 1.